The third-order valence-electron chi connectivity index (χ3n) is 3.01. The van der Waals surface area contributed by atoms with Crippen molar-refractivity contribution >= 4 is 5.91 Å². The van der Waals surface area contributed by atoms with E-state index >= 15 is 0 Å². The van der Waals surface area contributed by atoms with Crippen molar-refractivity contribution in [3.05, 3.63) is 72.6 Å². The summed E-state index contributed by atoms with van der Waals surface area (Å²) >= 11 is 0. The van der Waals surface area contributed by atoms with Crippen molar-refractivity contribution in [1.82, 2.24) is 15.3 Å². The Hall–Kier alpha value is -2.95. The van der Waals surface area contributed by atoms with Crippen LogP contribution in [0.25, 0.3) is 11.3 Å². The Labute approximate surface area is 121 Å². The van der Waals surface area contributed by atoms with Crippen LogP contribution in [0.5, 0.6) is 0 Å². The lowest BCUT2D eigenvalue weighted by atomic mass is 10.1. The molecule has 3 aromatic rings. The zero-order chi connectivity index (χ0) is 14.5. The number of rotatable bonds is 4. The average molecular weight is 279 g/mol. The molecule has 0 fully saturated rings. The lowest BCUT2D eigenvalue weighted by Crippen LogP contribution is -2.23. The molecule has 5 nitrogen and oxygen atoms in total. The van der Waals surface area contributed by atoms with Crippen LogP contribution in [-0.4, -0.2) is 15.9 Å². The van der Waals surface area contributed by atoms with Crippen LogP contribution in [-0.2, 0) is 6.54 Å². The molecule has 0 aliphatic carbocycles. The van der Waals surface area contributed by atoms with Crippen LogP contribution < -0.4 is 5.32 Å². The van der Waals surface area contributed by atoms with E-state index in [0.717, 1.165) is 5.56 Å². The molecule has 0 atom stereocenters. The molecule has 104 valence electrons. The van der Waals surface area contributed by atoms with E-state index in [1.54, 1.807) is 18.4 Å². The second-order valence-corrected chi connectivity index (χ2v) is 4.41. The molecule has 5 heteroatoms. The number of nitrogens with one attached hydrogen (secondary N) is 1. The van der Waals surface area contributed by atoms with Crippen molar-refractivity contribution in [1.29, 1.82) is 0 Å². The third-order valence-corrected chi connectivity index (χ3v) is 3.01. The van der Waals surface area contributed by atoms with Gasteiger partial charge in [-0.15, -0.1) is 0 Å². The topological polar surface area (TPSA) is 68.0 Å². The standard InChI is InChI=1S/C16H13N3O2/c20-16(18-9-13-7-4-8-21-13)14-10-17-11-19-15(14)12-5-2-1-3-6-12/h1-8,10-11H,9H2,(H,18,20). The van der Waals surface area contributed by atoms with Crippen molar-refractivity contribution in [3.8, 4) is 11.3 Å². The van der Waals surface area contributed by atoms with Gasteiger partial charge >= 0.3 is 0 Å². The monoisotopic (exact) mass is 279 g/mol. The van der Waals surface area contributed by atoms with Gasteiger partial charge in [-0.3, -0.25) is 4.79 Å². The summed E-state index contributed by atoms with van der Waals surface area (Å²) in [7, 11) is 0. The summed E-state index contributed by atoms with van der Waals surface area (Å²) in [6.07, 6.45) is 4.53. The summed E-state index contributed by atoms with van der Waals surface area (Å²) in [5.41, 5.74) is 1.93. The number of furan rings is 1. The van der Waals surface area contributed by atoms with Crippen molar-refractivity contribution in [3.63, 3.8) is 0 Å². The molecule has 0 radical (unpaired) electrons. The van der Waals surface area contributed by atoms with Gasteiger partial charge in [-0.25, -0.2) is 9.97 Å². The number of amides is 1. The van der Waals surface area contributed by atoms with Crippen molar-refractivity contribution < 1.29 is 9.21 Å². The Balaban J connectivity index is 1.83. The van der Waals surface area contributed by atoms with E-state index in [2.05, 4.69) is 15.3 Å². The van der Waals surface area contributed by atoms with Crippen LogP contribution in [0, 0.1) is 0 Å². The zero-order valence-electron chi connectivity index (χ0n) is 11.2. The number of carbonyl (C=O) groups is 1. The molecule has 1 amide bonds. The maximum Gasteiger partial charge on any atom is 0.255 e. The normalized spacial score (nSPS) is 10.3. The van der Waals surface area contributed by atoms with Crippen molar-refractivity contribution in [2.24, 2.45) is 0 Å². The van der Waals surface area contributed by atoms with E-state index in [1.807, 2.05) is 30.3 Å². The second-order valence-electron chi connectivity index (χ2n) is 4.41. The van der Waals surface area contributed by atoms with Gasteiger partial charge in [0.05, 0.1) is 24.1 Å². The lowest BCUT2D eigenvalue weighted by Gasteiger charge is -2.08. The molecule has 2 aromatic heterocycles. The van der Waals surface area contributed by atoms with Crippen LogP contribution >= 0.6 is 0 Å². The van der Waals surface area contributed by atoms with E-state index < -0.39 is 0 Å². The first kappa shape index (κ1) is 13.1. The molecule has 0 saturated carbocycles. The van der Waals surface area contributed by atoms with Crippen molar-refractivity contribution in [2.45, 2.75) is 6.54 Å². The highest BCUT2D eigenvalue weighted by Gasteiger charge is 2.14. The number of hydrogen-bond acceptors (Lipinski definition) is 4. The first-order valence-corrected chi connectivity index (χ1v) is 6.50. The van der Waals surface area contributed by atoms with Gasteiger partial charge in [0.1, 0.15) is 12.1 Å². The summed E-state index contributed by atoms with van der Waals surface area (Å²) < 4.78 is 5.19. The van der Waals surface area contributed by atoms with Gasteiger partial charge in [-0.05, 0) is 12.1 Å². The van der Waals surface area contributed by atoms with E-state index in [-0.39, 0.29) is 5.91 Å². The third kappa shape index (κ3) is 2.97. The number of carbonyl (C=O) groups excluding carboxylic acids is 1. The fourth-order valence-corrected chi connectivity index (χ4v) is 2.00. The minimum absolute atomic E-state index is 0.231. The van der Waals surface area contributed by atoms with E-state index in [4.69, 9.17) is 4.42 Å². The molecule has 2 heterocycles. The first-order valence-electron chi connectivity index (χ1n) is 6.50. The molecule has 0 saturated heterocycles. The Morgan fingerprint density at radius 1 is 1.14 bits per heavy atom. The van der Waals surface area contributed by atoms with E-state index in [0.29, 0.717) is 23.6 Å². The zero-order valence-corrected chi connectivity index (χ0v) is 11.2. The highest BCUT2D eigenvalue weighted by Crippen LogP contribution is 2.19. The van der Waals surface area contributed by atoms with Crippen LogP contribution in [0.2, 0.25) is 0 Å². The Kier molecular flexibility index (Phi) is 3.73. The molecule has 0 unspecified atom stereocenters. The maximum absolute atomic E-state index is 12.3. The summed E-state index contributed by atoms with van der Waals surface area (Å²) in [5.74, 6) is 0.465. The van der Waals surface area contributed by atoms with Gasteiger partial charge in [0.2, 0.25) is 0 Å². The number of hydrogen-bond donors (Lipinski definition) is 1. The molecule has 0 aliphatic rings. The van der Waals surface area contributed by atoms with Crippen LogP contribution in [0.4, 0.5) is 0 Å². The predicted octanol–water partition coefficient (Wildman–Crippen LogP) is 2.67. The van der Waals surface area contributed by atoms with Crippen molar-refractivity contribution in [2.75, 3.05) is 0 Å². The molecule has 1 N–H and O–H groups in total. The number of nitrogens with zero attached hydrogens (tertiary/aromatic N) is 2. The summed E-state index contributed by atoms with van der Waals surface area (Å²) in [6.45, 7) is 0.328. The molecule has 1 aromatic carbocycles. The molecular weight excluding hydrogens is 266 g/mol. The minimum Gasteiger partial charge on any atom is -0.467 e. The number of aromatic nitrogens is 2. The second kappa shape index (κ2) is 6.00. The van der Waals surface area contributed by atoms with Crippen LogP contribution in [0.15, 0.2) is 65.7 Å². The average Bonchev–Trinajstić information content (AvgIpc) is 3.07. The Bertz CT molecular complexity index is 724. The van der Waals surface area contributed by atoms with Gasteiger partial charge < -0.3 is 9.73 Å². The fraction of sp³-hybridized carbons (Fsp3) is 0.0625. The van der Waals surface area contributed by atoms with Gasteiger partial charge in [0.25, 0.3) is 5.91 Å². The fourth-order valence-electron chi connectivity index (χ4n) is 2.00. The predicted molar refractivity (Wildman–Crippen MR) is 77.3 cm³/mol. The first-order chi connectivity index (χ1) is 10.3. The van der Waals surface area contributed by atoms with E-state index in [1.165, 1.54) is 12.5 Å². The summed E-state index contributed by atoms with van der Waals surface area (Å²) in [6, 6.07) is 13.1. The highest BCUT2D eigenvalue weighted by molar-refractivity contribution is 5.99. The lowest BCUT2D eigenvalue weighted by molar-refractivity contribution is 0.0948. The maximum atomic E-state index is 12.3. The molecule has 21 heavy (non-hydrogen) atoms. The molecule has 0 spiro atoms. The summed E-state index contributed by atoms with van der Waals surface area (Å²) in [4.78, 5) is 20.5. The number of benzene rings is 1. The smallest absolute Gasteiger partial charge is 0.255 e. The van der Waals surface area contributed by atoms with Gasteiger partial charge in [0.15, 0.2) is 0 Å². The Morgan fingerprint density at radius 3 is 2.76 bits per heavy atom. The molecule has 0 bridgehead atoms. The van der Waals surface area contributed by atoms with Gasteiger partial charge in [-0.1, -0.05) is 30.3 Å². The highest BCUT2D eigenvalue weighted by atomic mass is 16.3. The molecular formula is C16H13N3O2. The molecule has 3 rings (SSSR count). The van der Waals surface area contributed by atoms with Crippen LogP contribution in [0.3, 0.4) is 0 Å². The SMILES string of the molecule is O=C(NCc1ccco1)c1cncnc1-c1ccccc1. The van der Waals surface area contributed by atoms with Gasteiger partial charge in [-0.2, -0.15) is 0 Å². The molecule has 0 aliphatic heterocycles. The quantitative estimate of drug-likeness (QED) is 0.797. The van der Waals surface area contributed by atoms with Gasteiger partial charge in [0, 0.05) is 11.8 Å². The van der Waals surface area contributed by atoms with E-state index in [9.17, 15) is 4.79 Å². The van der Waals surface area contributed by atoms with Crippen LogP contribution in [0.1, 0.15) is 16.1 Å². The largest absolute Gasteiger partial charge is 0.467 e. The Morgan fingerprint density at radius 2 is 2.00 bits per heavy atom. The summed E-state index contributed by atoms with van der Waals surface area (Å²) in [5, 5.41) is 2.80. The minimum atomic E-state index is -0.231.